The quantitative estimate of drug-likeness (QED) is 0.685. The first-order chi connectivity index (χ1) is 6.84. The molecule has 0 saturated carbocycles. The van der Waals surface area contributed by atoms with Gasteiger partial charge >= 0.3 is 0 Å². The summed E-state index contributed by atoms with van der Waals surface area (Å²) in [4.78, 5) is 4.32. The zero-order chi connectivity index (χ0) is 9.54. The molecule has 14 heavy (non-hydrogen) atoms. The Morgan fingerprint density at radius 3 is 3.29 bits per heavy atom. The molecule has 0 spiro atoms. The summed E-state index contributed by atoms with van der Waals surface area (Å²) in [6.07, 6.45) is 0.994. The van der Waals surface area contributed by atoms with Gasteiger partial charge in [-0.2, -0.15) is 4.98 Å². The molecule has 1 aliphatic rings. The molecule has 4 heteroatoms. The Morgan fingerprint density at radius 1 is 1.43 bits per heavy atom. The van der Waals surface area contributed by atoms with Crippen LogP contribution in [0.5, 0.6) is 11.8 Å². The number of aromatic hydroxyl groups is 1. The summed E-state index contributed by atoms with van der Waals surface area (Å²) >= 11 is 0. The number of fused-ring (bicyclic) bond motifs is 3. The second kappa shape index (κ2) is 2.64. The zero-order valence-electron chi connectivity index (χ0n) is 7.60. The van der Waals surface area contributed by atoms with Crippen molar-refractivity contribution in [1.29, 1.82) is 0 Å². The van der Waals surface area contributed by atoms with E-state index in [2.05, 4.69) is 4.98 Å². The summed E-state index contributed by atoms with van der Waals surface area (Å²) in [5.74, 6) is 0.269. The molecule has 0 unspecified atom stereocenters. The van der Waals surface area contributed by atoms with Gasteiger partial charge < -0.3 is 9.84 Å². The number of aryl methyl sites for hydroxylation is 1. The molecule has 72 valence electrons. The topological polar surface area (TPSA) is 47.3 Å². The Morgan fingerprint density at radius 2 is 2.36 bits per heavy atom. The average molecular weight is 190 g/mol. The third-order valence-electron chi connectivity index (χ3n) is 2.45. The first kappa shape index (κ1) is 7.67. The Hall–Kier alpha value is -1.71. The molecule has 0 atom stereocenters. The predicted octanol–water partition coefficient (Wildman–Crippen LogP) is 1.52. The lowest BCUT2D eigenvalue weighted by molar-refractivity contribution is 0.234. The van der Waals surface area contributed by atoms with Gasteiger partial charge in [0.15, 0.2) is 0 Å². The van der Waals surface area contributed by atoms with Crippen LogP contribution in [-0.2, 0) is 6.54 Å². The first-order valence-electron chi connectivity index (χ1n) is 4.67. The summed E-state index contributed by atoms with van der Waals surface area (Å²) in [5, 5.41) is 9.37. The molecule has 4 nitrogen and oxygen atoms in total. The highest BCUT2D eigenvalue weighted by atomic mass is 16.5. The van der Waals surface area contributed by atoms with Crippen molar-refractivity contribution >= 4 is 11.0 Å². The zero-order valence-corrected chi connectivity index (χ0v) is 7.60. The van der Waals surface area contributed by atoms with E-state index in [4.69, 9.17) is 4.74 Å². The lowest BCUT2D eigenvalue weighted by Crippen LogP contribution is -2.13. The van der Waals surface area contributed by atoms with Gasteiger partial charge in [-0.3, -0.25) is 4.57 Å². The van der Waals surface area contributed by atoms with Crippen LogP contribution in [0.4, 0.5) is 0 Å². The summed E-state index contributed by atoms with van der Waals surface area (Å²) in [6, 6.07) is 5.83. The molecule has 1 N–H and O–H groups in total. The fraction of sp³-hybridized carbons (Fsp3) is 0.300. The maximum absolute atomic E-state index is 9.37. The summed E-state index contributed by atoms with van der Waals surface area (Å²) in [7, 11) is 0. The number of nitrogens with zero attached hydrogens (tertiary/aromatic N) is 2. The number of hydrogen-bond acceptors (Lipinski definition) is 3. The number of benzene rings is 1. The maximum Gasteiger partial charge on any atom is 0.297 e. The highest BCUT2D eigenvalue weighted by molar-refractivity contribution is 5.78. The SMILES string of the molecule is Oc1ccc2nc3n(c2c1)CCCO3. The van der Waals surface area contributed by atoms with Gasteiger partial charge in [0.1, 0.15) is 5.75 Å². The number of phenols is 1. The van der Waals surface area contributed by atoms with Crippen LogP contribution in [-0.4, -0.2) is 21.3 Å². The van der Waals surface area contributed by atoms with Crippen molar-refractivity contribution in [2.45, 2.75) is 13.0 Å². The van der Waals surface area contributed by atoms with E-state index < -0.39 is 0 Å². The standard InChI is InChI=1S/C10H10N2O2/c13-7-2-3-8-9(6-7)12-4-1-5-14-10(12)11-8/h2-3,6,13H,1,4-5H2. The van der Waals surface area contributed by atoms with Crippen molar-refractivity contribution in [1.82, 2.24) is 9.55 Å². The van der Waals surface area contributed by atoms with Gasteiger partial charge in [0, 0.05) is 12.6 Å². The van der Waals surface area contributed by atoms with Crippen LogP contribution >= 0.6 is 0 Å². The molecule has 1 aromatic carbocycles. The second-order valence-corrected chi connectivity index (χ2v) is 3.42. The van der Waals surface area contributed by atoms with Crippen molar-refractivity contribution in [3.63, 3.8) is 0 Å². The Labute approximate surface area is 80.7 Å². The molecule has 2 heterocycles. The number of imidazole rings is 1. The van der Waals surface area contributed by atoms with Crippen molar-refractivity contribution in [3.8, 4) is 11.8 Å². The predicted molar refractivity (Wildman–Crippen MR) is 51.5 cm³/mol. The summed E-state index contributed by atoms with van der Waals surface area (Å²) in [5.41, 5.74) is 1.82. The molecule has 0 bridgehead atoms. The van der Waals surface area contributed by atoms with Crippen molar-refractivity contribution in [2.24, 2.45) is 0 Å². The number of rotatable bonds is 0. The Kier molecular flexibility index (Phi) is 1.45. The lowest BCUT2D eigenvalue weighted by Gasteiger charge is -2.14. The maximum atomic E-state index is 9.37. The first-order valence-corrected chi connectivity index (χ1v) is 4.67. The normalized spacial score (nSPS) is 15.1. The van der Waals surface area contributed by atoms with E-state index in [1.165, 1.54) is 0 Å². The van der Waals surface area contributed by atoms with E-state index in [0.717, 1.165) is 30.6 Å². The molecule has 0 aliphatic carbocycles. The van der Waals surface area contributed by atoms with Crippen LogP contribution in [0, 0.1) is 0 Å². The van der Waals surface area contributed by atoms with Gasteiger partial charge in [-0.05, 0) is 18.6 Å². The third kappa shape index (κ3) is 0.968. The molecule has 0 radical (unpaired) electrons. The fourth-order valence-electron chi connectivity index (χ4n) is 1.80. The summed E-state index contributed by atoms with van der Waals surface area (Å²) in [6.45, 7) is 1.64. The highest BCUT2D eigenvalue weighted by Crippen LogP contribution is 2.27. The van der Waals surface area contributed by atoms with Gasteiger partial charge in [0.25, 0.3) is 6.01 Å². The van der Waals surface area contributed by atoms with Crippen LogP contribution in [0.2, 0.25) is 0 Å². The van der Waals surface area contributed by atoms with E-state index in [1.807, 2.05) is 4.57 Å². The van der Waals surface area contributed by atoms with E-state index in [0.29, 0.717) is 6.01 Å². The van der Waals surface area contributed by atoms with Crippen LogP contribution in [0.3, 0.4) is 0 Å². The van der Waals surface area contributed by atoms with Gasteiger partial charge in [0.2, 0.25) is 0 Å². The number of ether oxygens (including phenoxy) is 1. The second-order valence-electron chi connectivity index (χ2n) is 3.42. The van der Waals surface area contributed by atoms with E-state index in [9.17, 15) is 5.11 Å². The van der Waals surface area contributed by atoms with Gasteiger partial charge in [-0.1, -0.05) is 0 Å². The molecular formula is C10H10N2O2. The third-order valence-corrected chi connectivity index (χ3v) is 2.45. The monoisotopic (exact) mass is 190 g/mol. The molecule has 0 amide bonds. The molecular weight excluding hydrogens is 180 g/mol. The molecule has 0 saturated heterocycles. The average Bonchev–Trinajstić information content (AvgIpc) is 2.56. The Balaban J connectivity index is 2.32. The molecule has 1 aliphatic heterocycles. The van der Waals surface area contributed by atoms with Crippen LogP contribution in [0.25, 0.3) is 11.0 Å². The Bertz CT molecular complexity index is 490. The number of phenolic OH excluding ortho intramolecular Hbond substituents is 1. The van der Waals surface area contributed by atoms with Crippen LogP contribution in [0.15, 0.2) is 18.2 Å². The van der Waals surface area contributed by atoms with Gasteiger partial charge in [0.05, 0.1) is 17.6 Å². The largest absolute Gasteiger partial charge is 0.508 e. The van der Waals surface area contributed by atoms with Gasteiger partial charge in [-0.15, -0.1) is 0 Å². The van der Waals surface area contributed by atoms with E-state index in [-0.39, 0.29) is 5.75 Å². The minimum absolute atomic E-state index is 0.269. The summed E-state index contributed by atoms with van der Waals surface area (Å²) < 4.78 is 7.42. The van der Waals surface area contributed by atoms with E-state index >= 15 is 0 Å². The minimum atomic E-state index is 0.269. The van der Waals surface area contributed by atoms with Crippen LogP contribution < -0.4 is 4.74 Å². The van der Waals surface area contributed by atoms with Crippen molar-refractivity contribution in [2.75, 3.05) is 6.61 Å². The molecule has 3 rings (SSSR count). The minimum Gasteiger partial charge on any atom is -0.508 e. The van der Waals surface area contributed by atoms with E-state index in [1.54, 1.807) is 18.2 Å². The molecule has 0 fully saturated rings. The fourth-order valence-corrected chi connectivity index (χ4v) is 1.80. The smallest absolute Gasteiger partial charge is 0.297 e. The molecule has 1 aromatic heterocycles. The van der Waals surface area contributed by atoms with Crippen molar-refractivity contribution < 1.29 is 9.84 Å². The van der Waals surface area contributed by atoms with Crippen LogP contribution in [0.1, 0.15) is 6.42 Å². The van der Waals surface area contributed by atoms with Gasteiger partial charge in [-0.25, -0.2) is 0 Å². The lowest BCUT2D eigenvalue weighted by atomic mass is 10.3. The molecule has 2 aromatic rings. The highest BCUT2D eigenvalue weighted by Gasteiger charge is 2.15. The number of hydrogen-bond donors (Lipinski definition) is 1. The van der Waals surface area contributed by atoms with Crippen molar-refractivity contribution in [3.05, 3.63) is 18.2 Å². The number of aromatic nitrogens is 2.